The lowest BCUT2D eigenvalue weighted by atomic mass is 10.1. The van der Waals surface area contributed by atoms with Gasteiger partial charge in [-0.1, -0.05) is 18.2 Å². The molecule has 0 saturated heterocycles. The summed E-state index contributed by atoms with van der Waals surface area (Å²) in [6, 6.07) is 11.6. The second-order valence-corrected chi connectivity index (χ2v) is 6.98. The van der Waals surface area contributed by atoms with Gasteiger partial charge in [0.25, 0.3) is 0 Å². The Kier molecular flexibility index (Phi) is 4.37. The van der Waals surface area contributed by atoms with Crippen molar-refractivity contribution in [2.45, 2.75) is 0 Å². The highest BCUT2D eigenvalue weighted by Crippen LogP contribution is 2.26. The van der Waals surface area contributed by atoms with E-state index in [9.17, 15) is 4.39 Å². The Hall–Kier alpha value is -3.84. The van der Waals surface area contributed by atoms with Gasteiger partial charge < -0.3 is 0 Å². The molecule has 6 nitrogen and oxygen atoms in total. The summed E-state index contributed by atoms with van der Waals surface area (Å²) >= 11 is 6.02. The maximum atomic E-state index is 13.9. The highest BCUT2D eigenvalue weighted by atomic mass is 35.5. The molecule has 0 fully saturated rings. The monoisotopic (exact) mass is 416 g/mol. The first-order valence-corrected chi connectivity index (χ1v) is 9.44. The Bertz CT molecular complexity index is 1360. The minimum atomic E-state index is -0.339. The number of halogens is 2. The second-order valence-electron chi connectivity index (χ2n) is 6.59. The van der Waals surface area contributed by atoms with Gasteiger partial charge in [-0.3, -0.25) is 4.98 Å². The van der Waals surface area contributed by atoms with Crippen molar-refractivity contribution < 1.29 is 4.39 Å². The first-order valence-electron chi connectivity index (χ1n) is 9.06. The molecule has 0 radical (unpaired) electrons. The number of fused-ring (bicyclic) bond motifs is 1. The van der Waals surface area contributed by atoms with E-state index >= 15 is 0 Å². The van der Waals surface area contributed by atoms with E-state index in [0.29, 0.717) is 33.1 Å². The molecule has 8 heteroatoms. The van der Waals surface area contributed by atoms with E-state index in [4.69, 9.17) is 16.7 Å². The average Bonchev–Trinajstić information content (AvgIpc) is 3.23. The summed E-state index contributed by atoms with van der Waals surface area (Å²) in [4.78, 5) is 8.32. The molecule has 5 rings (SSSR count). The quantitative estimate of drug-likeness (QED) is 0.445. The van der Waals surface area contributed by atoms with E-state index in [0.717, 1.165) is 11.3 Å². The van der Waals surface area contributed by atoms with Crippen LogP contribution in [0, 0.1) is 5.82 Å². The van der Waals surface area contributed by atoms with Crippen molar-refractivity contribution in [1.29, 1.82) is 0 Å². The van der Waals surface area contributed by atoms with Crippen molar-refractivity contribution in [2.75, 3.05) is 5.01 Å². The van der Waals surface area contributed by atoms with E-state index in [1.54, 1.807) is 52.7 Å². The van der Waals surface area contributed by atoms with Gasteiger partial charge in [-0.05, 0) is 48.0 Å². The normalized spacial score (nSPS) is 13.7. The first kappa shape index (κ1) is 18.2. The Balaban J connectivity index is 1.64. The van der Waals surface area contributed by atoms with Gasteiger partial charge in [-0.2, -0.15) is 10.2 Å². The van der Waals surface area contributed by atoms with Crippen LogP contribution in [0.25, 0.3) is 16.6 Å². The number of hydrazone groups is 1. The molecule has 3 aromatic heterocycles. The fraction of sp³-hybridized carbons (Fsp3) is 0. The summed E-state index contributed by atoms with van der Waals surface area (Å²) in [5, 5.41) is 11.9. The number of allylic oxidation sites excluding steroid dienone is 2. The molecule has 1 aromatic carbocycles. The average molecular weight is 417 g/mol. The summed E-state index contributed by atoms with van der Waals surface area (Å²) in [6.45, 7) is 4.11. The lowest BCUT2D eigenvalue weighted by Gasteiger charge is -2.22. The van der Waals surface area contributed by atoms with Crippen LogP contribution in [0.1, 0.15) is 5.69 Å². The van der Waals surface area contributed by atoms with Gasteiger partial charge in [-0.25, -0.2) is 19.1 Å². The van der Waals surface area contributed by atoms with Crippen molar-refractivity contribution in [3.63, 3.8) is 0 Å². The molecule has 0 aliphatic carbocycles. The molecule has 0 bridgehead atoms. The molecule has 0 N–H and O–H groups in total. The van der Waals surface area contributed by atoms with Gasteiger partial charge in [0.15, 0.2) is 0 Å². The summed E-state index contributed by atoms with van der Waals surface area (Å²) in [5.41, 5.74) is 4.20. The summed E-state index contributed by atoms with van der Waals surface area (Å²) in [5.74, 6) is -0.339. The summed E-state index contributed by atoms with van der Waals surface area (Å²) in [7, 11) is 0. The third-order valence-corrected chi connectivity index (χ3v) is 4.90. The number of rotatable bonds is 3. The standard InChI is InChI=1S/C22H14ClFN6/c1-14-7-11-29(16-4-8-26-21(23)13-16)28-22(14)20-6-10-27-30(20)19-5-9-25-18-3-2-15(24)12-17(18)19/h2-13H,1H2. The van der Waals surface area contributed by atoms with E-state index in [1.807, 2.05) is 18.2 Å². The number of pyridine rings is 2. The maximum Gasteiger partial charge on any atom is 0.131 e. The van der Waals surface area contributed by atoms with E-state index in [2.05, 4.69) is 21.6 Å². The fourth-order valence-electron chi connectivity index (χ4n) is 3.30. The van der Waals surface area contributed by atoms with Gasteiger partial charge >= 0.3 is 0 Å². The van der Waals surface area contributed by atoms with Crippen LogP contribution in [-0.4, -0.2) is 25.5 Å². The Morgan fingerprint density at radius 3 is 2.70 bits per heavy atom. The Morgan fingerprint density at radius 2 is 1.83 bits per heavy atom. The van der Waals surface area contributed by atoms with Gasteiger partial charge in [0.2, 0.25) is 0 Å². The molecule has 0 saturated carbocycles. The molecular formula is C22H14ClFN6. The smallest absolute Gasteiger partial charge is 0.131 e. The number of hydrogen-bond donors (Lipinski definition) is 0. The van der Waals surface area contributed by atoms with Crippen LogP contribution in [0.2, 0.25) is 5.15 Å². The van der Waals surface area contributed by atoms with Crippen molar-refractivity contribution in [1.82, 2.24) is 19.7 Å². The van der Waals surface area contributed by atoms with Gasteiger partial charge in [0.1, 0.15) is 16.7 Å². The predicted octanol–water partition coefficient (Wildman–Crippen LogP) is 4.90. The molecule has 1 aliphatic heterocycles. The van der Waals surface area contributed by atoms with Crippen molar-refractivity contribution >= 4 is 33.9 Å². The lowest BCUT2D eigenvalue weighted by molar-refractivity contribution is 0.629. The zero-order chi connectivity index (χ0) is 20.7. The third kappa shape index (κ3) is 3.15. The molecule has 0 spiro atoms. The van der Waals surface area contributed by atoms with Gasteiger partial charge in [0.05, 0.1) is 28.8 Å². The van der Waals surface area contributed by atoms with E-state index < -0.39 is 0 Å². The van der Waals surface area contributed by atoms with Crippen LogP contribution < -0.4 is 5.01 Å². The molecular weight excluding hydrogens is 403 g/mol. The Morgan fingerprint density at radius 1 is 0.967 bits per heavy atom. The summed E-state index contributed by atoms with van der Waals surface area (Å²) in [6.07, 6.45) is 8.62. The number of benzene rings is 1. The van der Waals surface area contributed by atoms with Crippen LogP contribution in [0.4, 0.5) is 10.1 Å². The fourth-order valence-corrected chi connectivity index (χ4v) is 3.47. The van der Waals surface area contributed by atoms with E-state index in [-0.39, 0.29) is 5.82 Å². The van der Waals surface area contributed by atoms with Gasteiger partial charge in [-0.15, -0.1) is 0 Å². The molecule has 4 aromatic rings. The van der Waals surface area contributed by atoms with Gasteiger partial charge in [0, 0.05) is 30.0 Å². The number of hydrogen-bond acceptors (Lipinski definition) is 5. The van der Waals surface area contributed by atoms with Crippen LogP contribution >= 0.6 is 11.6 Å². The SMILES string of the molecule is C=C1C=CN(c2ccnc(Cl)c2)N=C1c1ccnn1-c1ccnc2ccc(F)cc12. The highest BCUT2D eigenvalue weighted by Gasteiger charge is 2.20. The maximum absolute atomic E-state index is 13.9. The topological polar surface area (TPSA) is 59.2 Å². The number of anilines is 1. The molecule has 30 heavy (non-hydrogen) atoms. The lowest BCUT2D eigenvalue weighted by Crippen LogP contribution is -2.21. The molecule has 0 amide bonds. The van der Waals surface area contributed by atoms with Crippen LogP contribution in [0.15, 0.2) is 90.6 Å². The van der Waals surface area contributed by atoms with Crippen molar-refractivity contribution in [3.05, 3.63) is 102 Å². The highest BCUT2D eigenvalue weighted by molar-refractivity contribution is 6.29. The van der Waals surface area contributed by atoms with Crippen molar-refractivity contribution in [3.8, 4) is 5.69 Å². The Labute approximate surface area is 176 Å². The minimum absolute atomic E-state index is 0.339. The van der Waals surface area contributed by atoms with Crippen molar-refractivity contribution in [2.24, 2.45) is 5.10 Å². The summed E-state index contributed by atoms with van der Waals surface area (Å²) < 4.78 is 15.6. The minimum Gasteiger partial charge on any atom is -0.256 e. The van der Waals surface area contributed by atoms with Crippen LogP contribution in [0.5, 0.6) is 0 Å². The molecule has 0 unspecified atom stereocenters. The van der Waals surface area contributed by atoms with Crippen LogP contribution in [0.3, 0.4) is 0 Å². The number of nitrogens with zero attached hydrogens (tertiary/aromatic N) is 6. The predicted molar refractivity (Wildman–Crippen MR) is 115 cm³/mol. The molecule has 0 atom stereocenters. The zero-order valence-corrected chi connectivity index (χ0v) is 16.3. The first-order chi connectivity index (χ1) is 14.6. The second kappa shape index (κ2) is 7.20. The number of aromatic nitrogens is 4. The molecule has 4 heterocycles. The van der Waals surface area contributed by atoms with E-state index in [1.165, 1.54) is 12.1 Å². The largest absolute Gasteiger partial charge is 0.256 e. The zero-order valence-electron chi connectivity index (χ0n) is 15.6. The molecule has 1 aliphatic rings. The third-order valence-electron chi connectivity index (χ3n) is 4.70. The van der Waals surface area contributed by atoms with Crippen LogP contribution in [-0.2, 0) is 0 Å². The molecule has 146 valence electrons.